The summed E-state index contributed by atoms with van der Waals surface area (Å²) in [5, 5.41) is 0. The normalized spacial score (nSPS) is 16.6. The molecule has 25 heavy (non-hydrogen) atoms. The SMILES string of the molecule is Cc1ccc(C2Cc3ccccc3C(=O)N2Cc2ccccc2)cc1. The highest BCUT2D eigenvalue weighted by Crippen LogP contribution is 2.34. The second-order valence-electron chi connectivity index (χ2n) is 6.71. The van der Waals surface area contributed by atoms with E-state index in [4.69, 9.17) is 0 Å². The molecule has 1 unspecified atom stereocenters. The smallest absolute Gasteiger partial charge is 0.254 e. The summed E-state index contributed by atoms with van der Waals surface area (Å²) >= 11 is 0. The topological polar surface area (TPSA) is 20.3 Å². The largest absolute Gasteiger partial charge is 0.327 e. The summed E-state index contributed by atoms with van der Waals surface area (Å²) in [6.45, 7) is 2.72. The maximum absolute atomic E-state index is 13.2. The quantitative estimate of drug-likeness (QED) is 0.667. The molecule has 0 spiro atoms. The molecule has 0 fully saturated rings. The number of hydrogen-bond acceptors (Lipinski definition) is 1. The van der Waals surface area contributed by atoms with Crippen LogP contribution in [0.25, 0.3) is 0 Å². The average molecular weight is 327 g/mol. The Labute approximate surface area is 148 Å². The van der Waals surface area contributed by atoms with E-state index in [9.17, 15) is 4.79 Å². The van der Waals surface area contributed by atoms with E-state index >= 15 is 0 Å². The molecule has 2 nitrogen and oxygen atoms in total. The van der Waals surface area contributed by atoms with E-state index in [0.29, 0.717) is 6.54 Å². The van der Waals surface area contributed by atoms with Gasteiger partial charge in [0.15, 0.2) is 0 Å². The average Bonchev–Trinajstić information content (AvgIpc) is 2.65. The Hall–Kier alpha value is -2.87. The Kier molecular flexibility index (Phi) is 4.10. The van der Waals surface area contributed by atoms with Crippen molar-refractivity contribution in [3.8, 4) is 0 Å². The van der Waals surface area contributed by atoms with E-state index in [1.54, 1.807) is 0 Å². The summed E-state index contributed by atoms with van der Waals surface area (Å²) in [6, 6.07) is 26.8. The second-order valence-corrected chi connectivity index (χ2v) is 6.71. The Morgan fingerprint density at radius 3 is 2.32 bits per heavy atom. The molecule has 0 bridgehead atoms. The van der Waals surface area contributed by atoms with Crippen molar-refractivity contribution in [2.24, 2.45) is 0 Å². The maximum atomic E-state index is 13.2. The summed E-state index contributed by atoms with van der Waals surface area (Å²) in [5.74, 6) is 0.122. The number of carbonyl (C=O) groups excluding carboxylic acids is 1. The molecule has 2 heteroatoms. The zero-order valence-corrected chi connectivity index (χ0v) is 14.4. The molecule has 3 aromatic rings. The molecular formula is C23H21NO. The van der Waals surface area contributed by atoms with Gasteiger partial charge in [0.25, 0.3) is 5.91 Å². The first-order valence-electron chi connectivity index (χ1n) is 8.72. The van der Waals surface area contributed by atoms with E-state index in [2.05, 4.69) is 49.4 Å². The molecule has 0 aliphatic carbocycles. The summed E-state index contributed by atoms with van der Waals surface area (Å²) in [7, 11) is 0. The zero-order valence-electron chi connectivity index (χ0n) is 14.4. The first-order chi connectivity index (χ1) is 12.2. The first-order valence-corrected chi connectivity index (χ1v) is 8.72. The van der Waals surface area contributed by atoms with Gasteiger partial charge in [0.05, 0.1) is 6.04 Å². The number of aryl methyl sites for hydroxylation is 1. The molecule has 1 aliphatic heterocycles. The third-order valence-corrected chi connectivity index (χ3v) is 4.96. The molecule has 1 amide bonds. The van der Waals surface area contributed by atoms with Gasteiger partial charge in [0.1, 0.15) is 0 Å². The molecular weight excluding hydrogens is 306 g/mol. The summed E-state index contributed by atoms with van der Waals surface area (Å²) in [4.78, 5) is 15.2. The number of benzene rings is 3. The molecule has 4 rings (SSSR count). The van der Waals surface area contributed by atoms with Crippen LogP contribution in [-0.2, 0) is 13.0 Å². The maximum Gasteiger partial charge on any atom is 0.254 e. The van der Waals surface area contributed by atoms with Crippen LogP contribution in [0.3, 0.4) is 0 Å². The van der Waals surface area contributed by atoms with Crippen LogP contribution in [0.4, 0.5) is 0 Å². The molecule has 0 saturated heterocycles. The van der Waals surface area contributed by atoms with Crippen molar-refractivity contribution >= 4 is 5.91 Å². The molecule has 124 valence electrons. The lowest BCUT2D eigenvalue weighted by molar-refractivity contribution is 0.0629. The number of hydrogen-bond donors (Lipinski definition) is 0. The fourth-order valence-corrected chi connectivity index (χ4v) is 3.57. The van der Waals surface area contributed by atoms with Gasteiger partial charge in [-0.3, -0.25) is 4.79 Å². The minimum absolute atomic E-state index is 0.0724. The third-order valence-electron chi connectivity index (χ3n) is 4.96. The number of rotatable bonds is 3. The van der Waals surface area contributed by atoms with E-state index in [1.165, 1.54) is 11.1 Å². The van der Waals surface area contributed by atoms with Gasteiger partial charge >= 0.3 is 0 Å². The molecule has 0 aromatic heterocycles. The lowest BCUT2D eigenvalue weighted by Crippen LogP contribution is -2.39. The molecule has 3 aromatic carbocycles. The number of carbonyl (C=O) groups is 1. The highest BCUT2D eigenvalue weighted by molar-refractivity contribution is 5.97. The predicted molar refractivity (Wildman–Crippen MR) is 100 cm³/mol. The highest BCUT2D eigenvalue weighted by Gasteiger charge is 2.32. The predicted octanol–water partition coefficient (Wildman–Crippen LogP) is 4.93. The van der Waals surface area contributed by atoms with Crippen LogP contribution >= 0.6 is 0 Å². The van der Waals surface area contributed by atoms with Crippen molar-refractivity contribution < 1.29 is 4.79 Å². The Balaban J connectivity index is 1.75. The van der Waals surface area contributed by atoms with Crippen LogP contribution < -0.4 is 0 Å². The first kappa shape index (κ1) is 15.6. The van der Waals surface area contributed by atoms with Crippen LogP contribution in [0.2, 0.25) is 0 Å². The van der Waals surface area contributed by atoms with Crippen LogP contribution in [0, 0.1) is 6.92 Å². The molecule has 1 atom stereocenters. The van der Waals surface area contributed by atoms with Gasteiger partial charge in [0.2, 0.25) is 0 Å². The number of nitrogens with zero attached hydrogens (tertiary/aromatic N) is 1. The van der Waals surface area contributed by atoms with Gasteiger partial charge in [-0.25, -0.2) is 0 Å². The Morgan fingerprint density at radius 2 is 1.56 bits per heavy atom. The highest BCUT2D eigenvalue weighted by atomic mass is 16.2. The fourth-order valence-electron chi connectivity index (χ4n) is 3.57. The van der Waals surface area contributed by atoms with Crippen LogP contribution in [0.15, 0.2) is 78.9 Å². The van der Waals surface area contributed by atoms with Crippen LogP contribution in [0.5, 0.6) is 0 Å². The molecule has 0 radical (unpaired) electrons. The van der Waals surface area contributed by atoms with Crippen molar-refractivity contribution in [1.29, 1.82) is 0 Å². The Bertz CT molecular complexity index is 883. The monoisotopic (exact) mass is 327 g/mol. The van der Waals surface area contributed by atoms with E-state index < -0.39 is 0 Å². The molecule has 1 heterocycles. The van der Waals surface area contributed by atoms with Crippen molar-refractivity contribution in [3.63, 3.8) is 0 Å². The second kappa shape index (κ2) is 6.56. The van der Waals surface area contributed by atoms with E-state index in [1.807, 2.05) is 41.3 Å². The van der Waals surface area contributed by atoms with Crippen LogP contribution in [-0.4, -0.2) is 10.8 Å². The van der Waals surface area contributed by atoms with Gasteiger partial charge in [-0.1, -0.05) is 78.4 Å². The van der Waals surface area contributed by atoms with E-state index in [0.717, 1.165) is 23.1 Å². The third kappa shape index (κ3) is 3.08. The standard InChI is InChI=1S/C23H21NO/c1-17-11-13-19(14-12-17)22-15-20-9-5-6-10-21(20)23(25)24(22)16-18-7-3-2-4-8-18/h2-14,22H,15-16H2,1H3. The Morgan fingerprint density at radius 1 is 0.880 bits per heavy atom. The van der Waals surface area contributed by atoms with Gasteiger partial charge < -0.3 is 4.90 Å². The van der Waals surface area contributed by atoms with Crippen molar-refractivity contribution in [2.45, 2.75) is 25.9 Å². The number of fused-ring (bicyclic) bond motifs is 1. The van der Waals surface area contributed by atoms with Gasteiger partial charge in [0, 0.05) is 12.1 Å². The van der Waals surface area contributed by atoms with Gasteiger partial charge in [-0.05, 0) is 36.1 Å². The van der Waals surface area contributed by atoms with Gasteiger partial charge in [-0.15, -0.1) is 0 Å². The van der Waals surface area contributed by atoms with Crippen molar-refractivity contribution in [3.05, 3.63) is 107 Å². The van der Waals surface area contributed by atoms with Crippen molar-refractivity contribution in [1.82, 2.24) is 4.90 Å². The fraction of sp³-hybridized carbons (Fsp3) is 0.174. The molecule has 0 N–H and O–H groups in total. The zero-order chi connectivity index (χ0) is 17.2. The number of amides is 1. The lowest BCUT2D eigenvalue weighted by Gasteiger charge is -2.37. The minimum Gasteiger partial charge on any atom is -0.327 e. The summed E-state index contributed by atoms with van der Waals surface area (Å²) < 4.78 is 0. The minimum atomic E-state index is 0.0724. The van der Waals surface area contributed by atoms with Crippen molar-refractivity contribution in [2.75, 3.05) is 0 Å². The van der Waals surface area contributed by atoms with E-state index in [-0.39, 0.29) is 11.9 Å². The lowest BCUT2D eigenvalue weighted by atomic mass is 9.88. The molecule has 1 aliphatic rings. The summed E-state index contributed by atoms with van der Waals surface area (Å²) in [5.41, 5.74) is 5.57. The molecule has 0 saturated carbocycles. The summed E-state index contributed by atoms with van der Waals surface area (Å²) in [6.07, 6.45) is 0.859. The van der Waals surface area contributed by atoms with Crippen LogP contribution in [0.1, 0.15) is 38.7 Å². The van der Waals surface area contributed by atoms with Gasteiger partial charge in [-0.2, -0.15) is 0 Å².